The minimum absolute atomic E-state index is 0.153. The Hall–Kier alpha value is -2.30. The van der Waals surface area contributed by atoms with Gasteiger partial charge in [-0.1, -0.05) is 42.3 Å². The van der Waals surface area contributed by atoms with Crippen LogP contribution in [0.25, 0.3) is 5.57 Å². The third-order valence-electron chi connectivity index (χ3n) is 5.59. The number of hydrogen-bond acceptors (Lipinski definition) is 3. The zero-order chi connectivity index (χ0) is 21.5. The Morgan fingerprint density at radius 3 is 2.70 bits per heavy atom. The van der Waals surface area contributed by atoms with E-state index in [1.54, 1.807) is 0 Å². The minimum atomic E-state index is -0.766. The van der Waals surface area contributed by atoms with E-state index in [0.29, 0.717) is 19.1 Å². The smallest absolute Gasteiger partial charge is 0.304 e. The highest BCUT2D eigenvalue weighted by Crippen LogP contribution is 2.33. The van der Waals surface area contributed by atoms with Crippen molar-refractivity contribution in [2.75, 3.05) is 19.7 Å². The highest BCUT2D eigenvalue weighted by molar-refractivity contribution is 6.30. The molecule has 0 radical (unpaired) electrons. The molecule has 1 aliphatic carbocycles. The quantitative estimate of drug-likeness (QED) is 0.499. The first kappa shape index (κ1) is 22.4. The van der Waals surface area contributed by atoms with Crippen LogP contribution in [0.2, 0.25) is 5.02 Å². The molecule has 4 nitrogen and oxygen atoms in total. The van der Waals surface area contributed by atoms with Crippen molar-refractivity contribution in [1.29, 1.82) is 0 Å². The molecule has 3 rings (SSSR count). The van der Waals surface area contributed by atoms with Crippen molar-refractivity contribution in [2.45, 2.75) is 39.5 Å². The topological polar surface area (TPSA) is 58.6 Å². The fourth-order valence-electron chi connectivity index (χ4n) is 3.87. The second kappa shape index (κ2) is 10.6. The molecule has 0 bridgehead atoms. The fourth-order valence-corrected chi connectivity index (χ4v) is 4.00. The zero-order valence-corrected chi connectivity index (χ0v) is 18.5. The summed E-state index contributed by atoms with van der Waals surface area (Å²) in [5.41, 5.74) is 6.52. The molecule has 0 heterocycles. The van der Waals surface area contributed by atoms with Crippen LogP contribution in [0, 0.1) is 5.92 Å². The molecule has 0 saturated heterocycles. The number of halogens is 1. The van der Waals surface area contributed by atoms with E-state index in [0.717, 1.165) is 36.6 Å². The Labute approximate surface area is 183 Å². The minimum Gasteiger partial charge on any atom is -0.493 e. The number of ether oxygens (including phenoxy) is 1. The molecule has 1 atom stereocenters. The largest absolute Gasteiger partial charge is 0.493 e. The Kier molecular flexibility index (Phi) is 7.94. The summed E-state index contributed by atoms with van der Waals surface area (Å²) in [4.78, 5) is 10.6. The van der Waals surface area contributed by atoms with Gasteiger partial charge in [-0.15, -0.1) is 0 Å². The van der Waals surface area contributed by atoms with Gasteiger partial charge in [0.1, 0.15) is 5.75 Å². The van der Waals surface area contributed by atoms with E-state index in [-0.39, 0.29) is 6.42 Å². The maximum absolute atomic E-state index is 10.6. The van der Waals surface area contributed by atoms with Gasteiger partial charge in [-0.3, -0.25) is 4.79 Å². The number of rotatable bonds is 10. The van der Waals surface area contributed by atoms with Crippen molar-refractivity contribution < 1.29 is 14.6 Å². The van der Waals surface area contributed by atoms with Crippen LogP contribution in [0.5, 0.6) is 5.75 Å². The summed E-state index contributed by atoms with van der Waals surface area (Å²) >= 11 is 5.96. The molecular weight excluding hydrogens is 398 g/mol. The summed E-state index contributed by atoms with van der Waals surface area (Å²) in [6, 6.07) is 14.4. The number of aliphatic carboxylic acids is 1. The lowest BCUT2D eigenvalue weighted by Crippen LogP contribution is -2.22. The number of benzene rings is 2. The molecule has 1 aliphatic rings. The molecule has 2 aromatic carbocycles. The zero-order valence-electron chi connectivity index (χ0n) is 17.7. The molecule has 0 aromatic heterocycles. The molecule has 0 saturated carbocycles. The second-order valence-electron chi connectivity index (χ2n) is 8.11. The maximum Gasteiger partial charge on any atom is 0.304 e. The number of carboxylic acid groups (broad SMARTS) is 1. The van der Waals surface area contributed by atoms with Crippen molar-refractivity contribution >= 4 is 23.1 Å². The SMILES string of the molecule is CC1=C(CNCCC(=O)O)CCc2cc(OC[C@@H](C)Cc3ccc(Cl)cc3)ccc21. The Morgan fingerprint density at radius 2 is 1.97 bits per heavy atom. The summed E-state index contributed by atoms with van der Waals surface area (Å²) in [6.07, 6.45) is 3.09. The first-order chi connectivity index (χ1) is 14.4. The number of hydrogen-bond donors (Lipinski definition) is 2. The van der Waals surface area contributed by atoms with Crippen molar-refractivity contribution in [3.63, 3.8) is 0 Å². The summed E-state index contributed by atoms with van der Waals surface area (Å²) in [7, 11) is 0. The molecule has 30 heavy (non-hydrogen) atoms. The Morgan fingerprint density at radius 1 is 1.20 bits per heavy atom. The van der Waals surface area contributed by atoms with E-state index in [1.807, 2.05) is 12.1 Å². The molecule has 0 unspecified atom stereocenters. The summed E-state index contributed by atoms with van der Waals surface area (Å²) < 4.78 is 6.08. The van der Waals surface area contributed by atoms with E-state index in [9.17, 15) is 4.79 Å². The Bertz CT molecular complexity index is 905. The predicted molar refractivity (Wildman–Crippen MR) is 122 cm³/mol. The third-order valence-corrected chi connectivity index (χ3v) is 5.85. The van der Waals surface area contributed by atoms with E-state index >= 15 is 0 Å². The number of carboxylic acids is 1. The van der Waals surface area contributed by atoms with E-state index in [1.165, 1.54) is 27.8 Å². The average molecular weight is 428 g/mol. The third kappa shape index (κ3) is 6.35. The lowest BCUT2D eigenvalue weighted by Gasteiger charge is -2.23. The van der Waals surface area contributed by atoms with Crippen LogP contribution in [0.15, 0.2) is 48.0 Å². The van der Waals surface area contributed by atoms with Crippen LogP contribution < -0.4 is 10.1 Å². The number of nitrogens with one attached hydrogen (secondary N) is 1. The summed E-state index contributed by atoms with van der Waals surface area (Å²) in [5, 5.41) is 12.8. The molecule has 2 aromatic rings. The fraction of sp³-hybridized carbons (Fsp3) is 0.400. The Balaban J connectivity index is 1.54. The highest BCUT2D eigenvalue weighted by atomic mass is 35.5. The molecule has 0 amide bonds. The highest BCUT2D eigenvalue weighted by Gasteiger charge is 2.17. The number of carbonyl (C=O) groups is 1. The van der Waals surface area contributed by atoms with Crippen LogP contribution in [-0.2, 0) is 17.6 Å². The summed E-state index contributed by atoms with van der Waals surface area (Å²) in [6.45, 7) is 6.28. The van der Waals surface area contributed by atoms with Gasteiger partial charge in [-0.05, 0) is 78.6 Å². The number of allylic oxidation sites excluding steroid dienone is 1. The van der Waals surface area contributed by atoms with Crippen molar-refractivity contribution in [1.82, 2.24) is 5.32 Å². The lowest BCUT2D eigenvalue weighted by atomic mass is 9.86. The maximum atomic E-state index is 10.6. The van der Waals surface area contributed by atoms with Crippen LogP contribution in [0.4, 0.5) is 0 Å². The van der Waals surface area contributed by atoms with Gasteiger partial charge >= 0.3 is 5.97 Å². The number of fused-ring (bicyclic) bond motifs is 1. The molecule has 5 heteroatoms. The monoisotopic (exact) mass is 427 g/mol. The van der Waals surface area contributed by atoms with Gasteiger partial charge in [0.2, 0.25) is 0 Å². The van der Waals surface area contributed by atoms with Gasteiger partial charge in [0.15, 0.2) is 0 Å². The van der Waals surface area contributed by atoms with E-state index < -0.39 is 5.97 Å². The van der Waals surface area contributed by atoms with Gasteiger partial charge in [-0.25, -0.2) is 0 Å². The van der Waals surface area contributed by atoms with Gasteiger partial charge in [0.05, 0.1) is 13.0 Å². The standard InChI is InChI=1S/C25H30ClNO3/c1-17(13-19-3-7-22(26)8-4-19)16-30-23-9-10-24-18(2)21(6-5-20(24)14-23)15-27-12-11-25(28)29/h3-4,7-10,14,17,27H,5-6,11-13,15-16H2,1-2H3,(H,28,29)/t17-/m0/s1. The molecular formula is C25H30ClNO3. The van der Waals surface area contributed by atoms with Gasteiger partial charge < -0.3 is 15.2 Å². The van der Waals surface area contributed by atoms with Gasteiger partial charge in [-0.2, -0.15) is 0 Å². The molecule has 0 aliphatic heterocycles. The molecule has 2 N–H and O–H groups in total. The average Bonchev–Trinajstić information content (AvgIpc) is 2.72. The summed E-state index contributed by atoms with van der Waals surface area (Å²) in [5.74, 6) is 0.567. The second-order valence-corrected chi connectivity index (χ2v) is 8.55. The predicted octanol–water partition coefficient (Wildman–Crippen LogP) is 5.38. The van der Waals surface area contributed by atoms with Crippen molar-refractivity contribution in [3.8, 4) is 5.75 Å². The lowest BCUT2D eigenvalue weighted by molar-refractivity contribution is -0.136. The van der Waals surface area contributed by atoms with Gasteiger partial charge in [0, 0.05) is 18.1 Å². The van der Waals surface area contributed by atoms with Crippen LogP contribution in [-0.4, -0.2) is 30.8 Å². The van der Waals surface area contributed by atoms with Gasteiger partial charge in [0.25, 0.3) is 0 Å². The first-order valence-electron chi connectivity index (χ1n) is 10.5. The molecule has 0 fully saturated rings. The van der Waals surface area contributed by atoms with E-state index in [2.05, 4.69) is 49.5 Å². The van der Waals surface area contributed by atoms with Crippen LogP contribution in [0.1, 0.15) is 43.4 Å². The normalized spacial score (nSPS) is 14.4. The van der Waals surface area contributed by atoms with E-state index in [4.69, 9.17) is 21.4 Å². The first-order valence-corrected chi connectivity index (χ1v) is 10.9. The molecule has 160 valence electrons. The van der Waals surface area contributed by atoms with Crippen molar-refractivity contribution in [2.24, 2.45) is 5.92 Å². The van der Waals surface area contributed by atoms with Crippen LogP contribution in [0.3, 0.4) is 0 Å². The molecule has 0 spiro atoms. The van der Waals surface area contributed by atoms with Crippen molar-refractivity contribution in [3.05, 3.63) is 69.8 Å². The number of aryl methyl sites for hydroxylation is 1. The van der Waals surface area contributed by atoms with Crippen LogP contribution >= 0.6 is 11.6 Å².